The molecular weight excluding hydrogens is 338 g/mol. The van der Waals surface area contributed by atoms with E-state index >= 15 is 0 Å². The molecule has 0 unspecified atom stereocenters. The Kier molecular flexibility index (Phi) is 6.91. The van der Waals surface area contributed by atoms with Crippen LogP contribution in [0.5, 0.6) is 5.75 Å². The fourth-order valence-electron chi connectivity index (χ4n) is 3.72. The van der Waals surface area contributed by atoms with Crippen LogP contribution in [-0.4, -0.2) is 66.5 Å². The van der Waals surface area contributed by atoms with Crippen LogP contribution in [0, 0.1) is 5.92 Å². The number of rotatable bonds is 5. The fraction of sp³-hybridized carbons (Fsp3) is 0.591. The molecule has 2 aliphatic rings. The summed E-state index contributed by atoms with van der Waals surface area (Å²) in [6.45, 7) is 14.2. The van der Waals surface area contributed by atoms with Gasteiger partial charge in [-0.1, -0.05) is 32.1 Å². The molecule has 0 radical (unpaired) electrons. The van der Waals surface area contributed by atoms with Crippen molar-refractivity contribution < 1.29 is 9.53 Å². The lowest BCUT2D eigenvalue weighted by molar-refractivity contribution is -0.130. The molecule has 5 heteroatoms. The molecule has 5 nitrogen and oxygen atoms in total. The van der Waals surface area contributed by atoms with E-state index in [2.05, 4.69) is 54.0 Å². The summed E-state index contributed by atoms with van der Waals surface area (Å²) in [5.41, 5.74) is 2.61. The molecule has 1 amide bonds. The summed E-state index contributed by atoms with van der Waals surface area (Å²) in [5.74, 6) is 1.80. The normalized spacial score (nSPS) is 19.2. The molecule has 1 saturated heterocycles. The Morgan fingerprint density at radius 2 is 1.93 bits per heavy atom. The van der Waals surface area contributed by atoms with Gasteiger partial charge in [-0.2, -0.15) is 0 Å². The molecule has 0 aliphatic carbocycles. The Labute approximate surface area is 163 Å². The fourth-order valence-corrected chi connectivity index (χ4v) is 3.72. The van der Waals surface area contributed by atoms with Crippen molar-refractivity contribution in [2.75, 3.05) is 45.9 Å². The van der Waals surface area contributed by atoms with Crippen LogP contribution in [-0.2, 0) is 17.9 Å². The molecule has 148 valence electrons. The van der Waals surface area contributed by atoms with E-state index in [4.69, 9.17) is 4.74 Å². The van der Waals surface area contributed by atoms with Crippen molar-refractivity contribution in [3.8, 4) is 5.75 Å². The van der Waals surface area contributed by atoms with Crippen LogP contribution in [0.4, 0.5) is 0 Å². The highest BCUT2D eigenvalue weighted by molar-refractivity contribution is 5.73. The van der Waals surface area contributed by atoms with Gasteiger partial charge in [0.15, 0.2) is 0 Å². The van der Waals surface area contributed by atoms with Gasteiger partial charge in [0.05, 0.1) is 0 Å². The van der Waals surface area contributed by atoms with Crippen molar-refractivity contribution in [2.24, 2.45) is 5.92 Å². The third-order valence-corrected chi connectivity index (χ3v) is 5.29. The molecule has 1 fully saturated rings. The number of piperazine rings is 1. The number of fused-ring (bicyclic) bond motifs is 1. The Bertz CT molecular complexity index is 664. The number of nitrogens with zero attached hydrogens (tertiary/aromatic N) is 3. The zero-order chi connectivity index (χ0) is 19.2. The highest BCUT2D eigenvalue weighted by Gasteiger charge is 2.20. The Morgan fingerprint density at radius 1 is 1.15 bits per heavy atom. The molecular formula is C22H33N3O2. The molecule has 0 bridgehead atoms. The predicted octanol–water partition coefficient (Wildman–Crippen LogP) is 2.76. The first kappa shape index (κ1) is 19.9. The van der Waals surface area contributed by atoms with E-state index < -0.39 is 0 Å². The summed E-state index contributed by atoms with van der Waals surface area (Å²) in [6, 6.07) is 6.62. The second-order valence-corrected chi connectivity index (χ2v) is 7.98. The summed E-state index contributed by atoms with van der Waals surface area (Å²) in [7, 11) is 0. The number of hydrogen-bond donors (Lipinski definition) is 0. The molecule has 0 spiro atoms. The number of carbonyl (C=O) groups is 1. The van der Waals surface area contributed by atoms with Crippen LogP contribution in [0.1, 0.15) is 31.9 Å². The average Bonchev–Trinajstić information content (AvgIpc) is 2.83. The van der Waals surface area contributed by atoms with Gasteiger partial charge in [-0.15, -0.1) is 0 Å². The molecule has 1 aromatic carbocycles. The van der Waals surface area contributed by atoms with Gasteiger partial charge in [0.25, 0.3) is 0 Å². The second-order valence-electron chi connectivity index (χ2n) is 7.98. The predicted molar refractivity (Wildman–Crippen MR) is 109 cm³/mol. The maximum Gasteiger partial charge on any atom is 0.219 e. The van der Waals surface area contributed by atoms with E-state index in [9.17, 15) is 4.79 Å². The minimum atomic E-state index is 0.184. The summed E-state index contributed by atoms with van der Waals surface area (Å²) in [4.78, 5) is 18.3. The molecule has 27 heavy (non-hydrogen) atoms. The number of amides is 1. The van der Waals surface area contributed by atoms with Crippen LogP contribution in [0.15, 0.2) is 30.4 Å². The highest BCUT2D eigenvalue weighted by Crippen LogP contribution is 2.25. The van der Waals surface area contributed by atoms with Crippen molar-refractivity contribution in [3.63, 3.8) is 0 Å². The van der Waals surface area contributed by atoms with Crippen molar-refractivity contribution >= 4 is 5.91 Å². The summed E-state index contributed by atoms with van der Waals surface area (Å²) < 4.78 is 5.97. The van der Waals surface area contributed by atoms with Gasteiger partial charge in [-0.05, 0) is 23.6 Å². The molecule has 1 aromatic rings. The smallest absolute Gasteiger partial charge is 0.219 e. The van der Waals surface area contributed by atoms with Crippen LogP contribution >= 0.6 is 0 Å². The monoisotopic (exact) mass is 371 g/mol. The Balaban J connectivity index is 1.60. The lowest BCUT2D eigenvalue weighted by atomic mass is 10.1. The SMILES string of the molecule is CC(=O)N1CCN(Cc2ccc3c(c2)CN(C/C=C/C(C)C)CCO3)CC1. The molecule has 2 heterocycles. The van der Waals surface area contributed by atoms with Gasteiger partial charge >= 0.3 is 0 Å². The van der Waals surface area contributed by atoms with Gasteiger partial charge in [-0.3, -0.25) is 14.6 Å². The molecule has 0 N–H and O–H groups in total. The number of allylic oxidation sites excluding steroid dienone is 1. The number of carbonyl (C=O) groups excluding carboxylic acids is 1. The van der Waals surface area contributed by atoms with E-state index in [0.717, 1.165) is 64.7 Å². The van der Waals surface area contributed by atoms with E-state index in [0.29, 0.717) is 5.92 Å². The average molecular weight is 372 g/mol. The third kappa shape index (κ3) is 5.81. The van der Waals surface area contributed by atoms with Crippen molar-refractivity contribution in [3.05, 3.63) is 41.5 Å². The van der Waals surface area contributed by atoms with Crippen molar-refractivity contribution in [1.29, 1.82) is 0 Å². The first-order valence-electron chi connectivity index (χ1n) is 10.1. The minimum Gasteiger partial charge on any atom is -0.492 e. The standard InChI is InChI=1S/C22H33N3O2/c1-18(2)5-4-8-23-13-14-27-22-7-6-20(15-21(22)17-23)16-24-9-11-25(12-10-24)19(3)26/h4-7,15,18H,8-14,16-17H2,1-3H3/b5-4+. The molecule has 0 aromatic heterocycles. The molecule has 3 rings (SSSR count). The molecule has 2 aliphatic heterocycles. The van der Waals surface area contributed by atoms with Crippen molar-refractivity contribution in [2.45, 2.75) is 33.9 Å². The van der Waals surface area contributed by atoms with Crippen LogP contribution in [0.3, 0.4) is 0 Å². The topological polar surface area (TPSA) is 36.0 Å². The summed E-state index contributed by atoms with van der Waals surface area (Å²) in [6.07, 6.45) is 4.54. The van der Waals surface area contributed by atoms with Gasteiger partial charge in [0.2, 0.25) is 5.91 Å². The van der Waals surface area contributed by atoms with Crippen LogP contribution in [0.2, 0.25) is 0 Å². The largest absolute Gasteiger partial charge is 0.492 e. The first-order valence-corrected chi connectivity index (χ1v) is 10.1. The molecule has 0 atom stereocenters. The zero-order valence-corrected chi connectivity index (χ0v) is 17.0. The zero-order valence-electron chi connectivity index (χ0n) is 17.0. The van der Waals surface area contributed by atoms with E-state index in [1.165, 1.54) is 11.1 Å². The van der Waals surface area contributed by atoms with Gasteiger partial charge < -0.3 is 9.64 Å². The van der Waals surface area contributed by atoms with Gasteiger partial charge in [-0.25, -0.2) is 0 Å². The number of benzene rings is 1. The van der Waals surface area contributed by atoms with Crippen LogP contribution < -0.4 is 4.74 Å². The third-order valence-electron chi connectivity index (χ3n) is 5.29. The van der Waals surface area contributed by atoms with E-state index in [-0.39, 0.29) is 5.91 Å². The maximum absolute atomic E-state index is 11.5. The Hall–Kier alpha value is -1.85. The van der Waals surface area contributed by atoms with Crippen LogP contribution in [0.25, 0.3) is 0 Å². The van der Waals surface area contributed by atoms with Crippen molar-refractivity contribution in [1.82, 2.24) is 14.7 Å². The lowest BCUT2D eigenvalue weighted by Crippen LogP contribution is -2.47. The minimum absolute atomic E-state index is 0.184. The van der Waals surface area contributed by atoms with E-state index in [1.807, 2.05) is 4.90 Å². The quantitative estimate of drug-likeness (QED) is 0.746. The highest BCUT2D eigenvalue weighted by atomic mass is 16.5. The lowest BCUT2D eigenvalue weighted by Gasteiger charge is -2.34. The molecule has 0 saturated carbocycles. The van der Waals surface area contributed by atoms with Gasteiger partial charge in [0, 0.05) is 64.8 Å². The maximum atomic E-state index is 11.5. The summed E-state index contributed by atoms with van der Waals surface area (Å²) in [5, 5.41) is 0. The Morgan fingerprint density at radius 3 is 2.63 bits per heavy atom. The summed E-state index contributed by atoms with van der Waals surface area (Å²) >= 11 is 0. The number of hydrogen-bond acceptors (Lipinski definition) is 4. The van der Waals surface area contributed by atoms with E-state index in [1.54, 1.807) is 6.92 Å². The first-order chi connectivity index (χ1) is 13.0. The van der Waals surface area contributed by atoms with Gasteiger partial charge in [0.1, 0.15) is 12.4 Å². The number of ether oxygens (including phenoxy) is 1. The second kappa shape index (κ2) is 9.38.